The summed E-state index contributed by atoms with van der Waals surface area (Å²) in [5, 5.41) is 60.8. The minimum absolute atomic E-state index is 0. The molecule has 8 N–H and O–H groups in total. The van der Waals surface area contributed by atoms with Crippen molar-refractivity contribution in [3.05, 3.63) is 24.3 Å². The molecule has 1 heterocycles. The number of benzene rings is 1. The number of hydrogen-bond acceptors (Lipinski definition) is 14. The van der Waals surface area contributed by atoms with Crippen molar-refractivity contribution in [1.29, 1.82) is 0 Å². The van der Waals surface area contributed by atoms with Gasteiger partial charge in [-0.3, -0.25) is 67.8 Å². The number of hydrogen-bond donors (Lipinski definition) is 8. The number of nitrogens with zero attached hydrogens (tertiary/aromatic N) is 6. The van der Waals surface area contributed by atoms with Gasteiger partial charge in [-0.25, -0.2) is 0 Å². The van der Waals surface area contributed by atoms with Gasteiger partial charge in [0.25, 0.3) is 0 Å². The first-order valence-corrected chi connectivity index (χ1v) is 16.8. The molecule has 1 aromatic rings. The van der Waals surface area contributed by atoms with Crippen LogP contribution < -0.4 is 40.2 Å². The maximum atomic E-state index is 13.1. The molecule has 0 aliphatic carbocycles. The van der Waals surface area contributed by atoms with Crippen LogP contribution in [-0.4, -0.2) is 225 Å². The summed E-state index contributed by atoms with van der Waals surface area (Å²) in [6, 6.07) is 6.02. The molecule has 0 atom stereocenters. The first-order valence-electron chi connectivity index (χ1n) is 16.8. The predicted molar refractivity (Wildman–Crippen MR) is 188 cm³/mol. The first-order chi connectivity index (χ1) is 25.5. The molecule has 0 bridgehead atoms. The molecule has 22 nitrogen and oxygen atoms in total. The van der Waals surface area contributed by atoms with Crippen LogP contribution in [0.3, 0.4) is 0 Å². The smallest absolute Gasteiger partial charge is 0.480 e. The average Bonchev–Trinajstić information content (AvgIpc) is 3.04. The summed E-state index contributed by atoms with van der Waals surface area (Å²) in [6.45, 7) is -1.48. The van der Waals surface area contributed by atoms with Crippen LogP contribution in [0.2, 0.25) is 0 Å². The van der Waals surface area contributed by atoms with Crippen molar-refractivity contribution in [1.82, 2.24) is 29.4 Å². The van der Waals surface area contributed by atoms with Crippen molar-refractivity contribution in [3.8, 4) is 0 Å². The van der Waals surface area contributed by atoms with Gasteiger partial charge in [0.15, 0.2) is 0 Å². The van der Waals surface area contributed by atoms with Crippen molar-refractivity contribution in [2.24, 2.45) is 0 Å². The molecule has 2 rings (SSSR count). The summed E-state index contributed by atoms with van der Waals surface area (Å²) >= 11 is 0. The van der Waals surface area contributed by atoms with Crippen LogP contribution in [-0.2, 0) is 38.4 Å². The molecule has 1 aliphatic rings. The second-order valence-corrected chi connectivity index (χ2v) is 12.6. The number of amides is 2. The monoisotopic (exact) mass is 949 g/mol. The summed E-state index contributed by atoms with van der Waals surface area (Å²) < 4.78 is 0. The molecular weight excluding hydrogens is 901 g/mol. The van der Waals surface area contributed by atoms with Crippen molar-refractivity contribution in [3.63, 3.8) is 0 Å². The van der Waals surface area contributed by atoms with Crippen molar-refractivity contribution in [2.45, 2.75) is 0 Å². The normalized spacial score (nSPS) is 15.0. The topological polar surface area (TPSA) is 301 Å². The SMILES string of the molecule is O=C(O)CN1CCN(CC(=O)O)CCN(CC(=O)Nc2ccc(NC(=O)CN(CCN(CC(=O)O)CC(=O)O)CC(=O)O)cc2)CCN(CC(=O)O)CC1.[Gd+3].[Na+]. The van der Waals surface area contributed by atoms with Gasteiger partial charge in [-0.1, -0.05) is 0 Å². The van der Waals surface area contributed by atoms with Gasteiger partial charge in [0.1, 0.15) is 0 Å². The number of aliphatic carboxylic acids is 6. The summed E-state index contributed by atoms with van der Waals surface area (Å²) in [5.74, 6) is -8.02. The van der Waals surface area contributed by atoms with E-state index in [1.54, 1.807) is 19.6 Å². The molecule has 305 valence electrons. The van der Waals surface area contributed by atoms with Gasteiger partial charge >= 0.3 is 105 Å². The Hall–Kier alpha value is -2.94. The summed E-state index contributed by atoms with van der Waals surface area (Å²) in [5.41, 5.74) is 0.684. The fourth-order valence-corrected chi connectivity index (χ4v) is 5.51. The Labute approximate surface area is 376 Å². The maximum Gasteiger partial charge on any atom is 3.00 e. The third-order valence-corrected chi connectivity index (χ3v) is 8.00. The van der Waals surface area contributed by atoms with Gasteiger partial charge in [-0.15, -0.1) is 0 Å². The van der Waals surface area contributed by atoms with E-state index in [-0.39, 0.29) is 161 Å². The van der Waals surface area contributed by atoms with Crippen molar-refractivity contribution >= 4 is 59.0 Å². The number of rotatable bonds is 21. The fraction of sp³-hybridized carbons (Fsp3) is 0.562. The Balaban J connectivity index is 0.0000151. The van der Waals surface area contributed by atoms with Crippen molar-refractivity contribution < 1.29 is 138 Å². The van der Waals surface area contributed by atoms with Gasteiger partial charge in [0.05, 0.1) is 52.4 Å². The number of carboxylic acid groups (broad SMARTS) is 6. The van der Waals surface area contributed by atoms with Gasteiger partial charge < -0.3 is 41.3 Å². The Bertz CT molecular complexity index is 1430. The van der Waals surface area contributed by atoms with Crippen LogP contribution in [0.5, 0.6) is 0 Å². The van der Waals surface area contributed by atoms with E-state index in [4.69, 9.17) is 10.2 Å². The van der Waals surface area contributed by atoms with E-state index < -0.39 is 73.8 Å². The Morgan fingerprint density at radius 2 is 0.714 bits per heavy atom. The third-order valence-electron chi connectivity index (χ3n) is 8.00. The second-order valence-electron chi connectivity index (χ2n) is 12.6. The second kappa shape index (κ2) is 28.5. The molecule has 0 aromatic heterocycles. The standard InChI is InChI=1S/C32H48N8O14.Gd.Na/c41-25(15-35-5-7-36(17-27(43)44)9-11-38(19-29(47)48)12-10-37(8-6-35)18-28(45)46)33-23-1-3-24(4-2-23)34-26(42)16-39(20-30(49)50)13-14-40(21-31(51)52)22-32(53)54;;/h1-4H,5-22H2,(H,33,41)(H,34,42)(H,43,44)(H,45,46)(H,47,48)(H,49,50)(H,51,52)(H,53,54);;/q;+3;+1. The van der Waals surface area contributed by atoms with Gasteiger partial charge in [-0.2, -0.15) is 0 Å². The van der Waals surface area contributed by atoms with E-state index in [0.717, 1.165) is 4.90 Å². The molecule has 1 fully saturated rings. The van der Waals surface area contributed by atoms with E-state index in [1.165, 1.54) is 29.2 Å². The molecule has 1 radical (unpaired) electrons. The van der Waals surface area contributed by atoms with E-state index in [9.17, 15) is 58.8 Å². The molecule has 1 aliphatic heterocycles. The average molecular weight is 949 g/mol. The Morgan fingerprint density at radius 3 is 1.00 bits per heavy atom. The summed E-state index contributed by atoms with van der Waals surface area (Å²) in [7, 11) is 0. The Kier molecular flexibility index (Phi) is 27.0. The molecule has 1 aromatic carbocycles. The van der Waals surface area contributed by atoms with Crippen LogP contribution in [0, 0.1) is 39.9 Å². The summed E-state index contributed by atoms with van der Waals surface area (Å²) in [4.78, 5) is 103. The number of anilines is 2. The van der Waals surface area contributed by atoms with Gasteiger partial charge in [0.2, 0.25) is 11.8 Å². The molecular formula is C32H48GdN8NaO14+4. The van der Waals surface area contributed by atoms with E-state index in [1.807, 2.05) is 0 Å². The minimum atomic E-state index is -1.27. The summed E-state index contributed by atoms with van der Waals surface area (Å²) in [6.07, 6.45) is 0. The molecule has 0 saturated carbocycles. The first kappa shape index (κ1) is 53.1. The van der Waals surface area contributed by atoms with Gasteiger partial charge in [-0.05, 0) is 24.3 Å². The van der Waals surface area contributed by atoms with Crippen LogP contribution in [0.1, 0.15) is 0 Å². The number of carbonyl (C=O) groups excluding carboxylic acids is 2. The molecule has 0 spiro atoms. The zero-order chi connectivity index (χ0) is 40.2. The van der Waals surface area contributed by atoms with Crippen molar-refractivity contribution in [2.75, 3.05) is 128 Å². The largest absolute Gasteiger partial charge is 3.00 e. The maximum absolute atomic E-state index is 13.1. The van der Waals surface area contributed by atoms with E-state index >= 15 is 0 Å². The van der Waals surface area contributed by atoms with Crippen LogP contribution >= 0.6 is 0 Å². The van der Waals surface area contributed by atoms with E-state index in [0.29, 0.717) is 11.4 Å². The third kappa shape index (κ3) is 24.6. The zero-order valence-electron chi connectivity index (χ0n) is 31.0. The fourth-order valence-electron chi connectivity index (χ4n) is 5.51. The molecule has 2 amide bonds. The predicted octanol–water partition coefficient (Wildman–Crippen LogP) is -6.10. The van der Waals surface area contributed by atoms with Crippen LogP contribution in [0.25, 0.3) is 0 Å². The number of carboxylic acids is 6. The quantitative estimate of drug-likeness (QED) is 0.0532. The van der Waals surface area contributed by atoms with E-state index in [2.05, 4.69) is 10.6 Å². The number of carbonyl (C=O) groups is 8. The molecule has 56 heavy (non-hydrogen) atoms. The Morgan fingerprint density at radius 1 is 0.446 bits per heavy atom. The van der Waals surface area contributed by atoms with Crippen LogP contribution in [0.15, 0.2) is 24.3 Å². The van der Waals surface area contributed by atoms with Gasteiger partial charge in [0, 0.05) is 76.8 Å². The molecule has 1 saturated heterocycles. The van der Waals surface area contributed by atoms with Crippen LogP contribution in [0.4, 0.5) is 11.4 Å². The molecule has 24 heteroatoms. The number of nitrogens with one attached hydrogen (secondary N) is 2. The minimum Gasteiger partial charge on any atom is -0.480 e. The zero-order valence-corrected chi connectivity index (χ0v) is 35.3. The molecule has 0 unspecified atom stereocenters.